The summed E-state index contributed by atoms with van der Waals surface area (Å²) in [6.07, 6.45) is 1.05. The molecule has 2 unspecified atom stereocenters. The molecule has 1 aromatic rings. The first-order valence-electron chi connectivity index (χ1n) is 5.46. The Balaban J connectivity index is 2.52. The molecule has 1 rings (SSSR count). The summed E-state index contributed by atoms with van der Waals surface area (Å²) in [6.45, 7) is 5.01. The van der Waals surface area contributed by atoms with E-state index in [1.807, 2.05) is 6.07 Å². The Morgan fingerprint density at radius 3 is 2.75 bits per heavy atom. The van der Waals surface area contributed by atoms with Crippen LogP contribution in [0.5, 0.6) is 5.88 Å². The highest BCUT2D eigenvalue weighted by molar-refractivity contribution is 7.06. The molecule has 5 heteroatoms. The van der Waals surface area contributed by atoms with Crippen LogP contribution >= 0.6 is 11.5 Å². The maximum absolute atomic E-state index is 5.16. The average Bonchev–Trinajstić information content (AvgIpc) is 2.76. The smallest absolute Gasteiger partial charge is 0.225 e. The molecule has 0 bridgehead atoms. The molecule has 0 radical (unpaired) electrons. The molecule has 0 fully saturated rings. The van der Waals surface area contributed by atoms with Crippen LogP contribution in [0, 0.1) is 0 Å². The van der Waals surface area contributed by atoms with Crippen LogP contribution in [0.2, 0.25) is 0 Å². The molecule has 1 aromatic heterocycles. The molecule has 0 aromatic carbocycles. The summed E-state index contributed by atoms with van der Waals surface area (Å²) in [6, 6.07) is 2.64. The van der Waals surface area contributed by atoms with Crippen LogP contribution in [-0.2, 0) is 4.74 Å². The van der Waals surface area contributed by atoms with Gasteiger partial charge in [0.15, 0.2) is 0 Å². The van der Waals surface area contributed by atoms with Gasteiger partial charge in [-0.1, -0.05) is 6.92 Å². The van der Waals surface area contributed by atoms with Crippen molar-refractivity contribution in [3.63, 3.8) is 0 Å². The third-order valence-corrected chi connectivity index (χ3v) is 3.44. The summed E-state index contributed by atoms with van der Waals surface area (Å²) < 4.78 is 14.4. The molecule has 0 aliphatic heterocycles. The lowest BCUT2D eigenvalue weighted by Gasteiger charge is -2.20. The van der Waals surface area contributed by atoms with Gasteiger partial charge in [0, 0.05) is 30.1 Å². The molecule has 1 N–H and O–H groups in total. The van der Waals surface area contributed by atoms with Gasteiger partial charge >= 0.3 is 0 Å². The van der Waals surface area contributed by atoms with Gasteiger partial charge in [-0.05, 0) is 24.9 Å². The predicted molar refractivity (Wildman–Crippen MR) is 66.2 cm³/mol. The van der Waals surface area contributed by atoms with E-state index in [1.54, 1.807) is 14.2 Å². The highest BCUT2D eigenvalue weighted by atomic mass is 32.1. The van der Waals surface area contributed by atoms with Crippen molar-refractivity contribution in [3.05, 3.63) is 10.9 Å². The monoisotopic (exact) mass is 244 g/mol. The molecular weight excluding hydrogens is 224 g/mol. The van der Waals surface area contributed by atoms with E-state index < -0.39 is 0 Å². The zero-order chi connectivity index (χ0) is 12.0. The number of methoxy groups -OCH3 is 2. The first-order valence-corrected chi connectivity index (χ1v) is 6.24. The largest absolute Gasteiger partial charge is 0.480 e. The average molecular weight is 244 g/mol. The van der Waals surface area contributed by atoms with Crippen LogP contribution in [0.1, 0.15) is 31.2 Å². The van der Waals surface area contributed by atoms with E-state index in [4.69, 9.17) is 9.47 Å². The van der Waals surface area contributed by atoms with Crippen LogP contribution in [0.3, 0.4) is 0 Å². The van der Waals surface area contributed by atoms with Crippen LogP contribution in [0.25, 0.3) is 0 Å². The van der Waals surface area contributed by atoms with Gasteiger partial charge in [0.25, 0.3) is 0 Å². The fourth-order valence-electron chi connectivity index (χ4n) is 1.49. The third kappa shape index (κ3) is 3.73. The fourth-order valence-corrected chi connectivity index (χ4v) is 2.20. The first-order chi connectivity index (χ1) is 7.71. The van der Waals surface area contributed by atoms with Crippen molar-refractivity contribution in [2.75, 3.05) is 20.8 Å². The van der Waals surface area contributed by atoms with Crippen LogP contribution in [-0.4, -0.2) is 31.2 Å². The minimum Gasteiger partial charge on any atom is -0.480 e. The number of hydrogen-bond acceptors (Lipinski definition) is 5. The zero-order valence-corrected chi connectivity index (χ0v) is 11.1. The maximum Gasteiger partial charge on any atom is 0.225 e. The Bertz CT molecular complexity index is 304. The molecule has 0 saturated carbocycles. The second-order valence-corrected chi connectivity index (χ2v) is 4.56. The molecule has 0 aliphatic rings. The minimum atomic E-state index is 0.279. The molecular formula is C11H20N2O2S. The fraction of sp³-hybridized carbons (Fsp3) is 0.727. The topological polar surface area (TPSA) is 43.4 Å². The van der Waals surface area contributed by atoms with E-state index in [1.165, 1.54) is 16.4 Å². The van der Waals surface area contributed by atoms with Crippen molar-refractivity contribution < 1.29 is 9.47 Å². The third-order valence-electron chi connectivity index (χ3n) is 2.49. The highest BCUT2D eigenvalue weighted by Gasteiger charge is 2.14. The van der Waals surface area contributed by atoms with E-state index in [2.05, 4.69) is 23.5 Å². The standard InChI is InChI=1S/C11H20N2O2S/c1-5-9(7-14-3)12-8(2)10-6-11(15-4)13-16-10/h6,8-9,12H,5,7H2,1-4H3. The normalized spacial score (nSPS) is 14.8. The van der Waals surface area contributed by atoms with Crippen molar-refractivity contribution in [2.24, 2.45) is 0 Å². The second kappa shape index (κ2) is 6.83. The number of nitrogens with zero attached hydrogens (tertiary/aromatic N) is 1. The molecule has 4 nitrogen and oxygen atoms in total. The first kappa shape index (κ1) is 13.4. The number of hydrogen-bond donors (Lipinski definition) is 1. The number of ether oxygens (including phenoxy) is 2. The quantitative estimate of drug-likeness (QED) is 0.798. The Kier molecular flexibility index (Phi) is 5.73. The highest BCUT2D eigenvalue weighted by Crippen LogP contribution is 2.23. The molecule has 0 saturated heterocycles. The number of nitrogens with one attached hydrogen (secondary N) is 1. The van der Waals surface area contributed by atoms with Crippen LogP contribution < -0.4 is 10.1 Å². The summed E-state index contributed by atoms with van der Waals surface area (Å²) in [4.78, 5) is 1.19. The van der Waals surface area contributed by atoms with Gasteiger partial charge in [-0.3, -0.25) is 0 Å². The summed E-state index contributed by atoms with van der Waals surface area (Å²) >= 11 is 1.47. The molecule has 0 amide bonds. The lowest BCUT2D eigenvalue weighted by atomic mass is 10.2. The maximum atomic E-state index is 5.16. The summed E-state index contributed by atoms with van der Waals surface area (Å²) in [7, 11) is 3.36. The van der Waals surface area contributed by atoms with E-state index >= 15 is 0 Å². The molecule has 0 spiro atoms. The summed E-state index contributed by atoms with van der Waals surface area (Å²) in [5, 5.41) is 3.51. The SMILES string of the molecule is CCC(COC)NC(C)c1cc(OC)ns1. The molecule has 16 heavy (non-hydrogen) atoms. The van der Waals surface area contributed by atoms with Crippen LogP contribution in [0.15, 0.2) is 6.07 Å². The zero-order valence-electron chi connectivity index (χ0n) is 10.3. The molecule has 0 aliphatic carbocycles. The summed E-state index contributed by atoms with van der Waals surface area (Å²) in [5.41, 5.74) is 0. The van der Waals surface area contributed by atoms with E-state index in [-0.39, 0.29) is 6.04 Å². The van der Waals surface area contributed by atoms with E-state index in [9.17, 15) is 0 Å². The Labute approximate surface area is 101 Å². The predicted octanol–water partition coefficient (Wildman–Crippen LogP) is 2.23. The Hall–Kier alpha value is -0.650. The van der Waals surface area contributed by atoms with Crippen molar-refractivity contribution in [1.29, 1.82) is 0 Å². The van der Waals surface area contributed by atoms with Gasteiger partial charge in [0.1, 0.15) is 0 Å². The second-order valence-electron chi connectivity index (χ2n) is 3.72. The number of rotatable bonds is 7. The van der Waals surface area contributed by atoms with Gasteiger partial charge < -0.3 is 14.8 Å². The van der Waals surface area contributed by atoms with Gasteiger partial charge in [0.2, 0.25) is 5.88 Å². The van der Waals surface area contributed by atoms with Crippen molar-refractivity contribution in [2.45, 2.75) is 32.4 Å². The van der Waals surface area contributed by atoms with Crippen molar-refractivity contribution in [3.8, 4) is 5.88 Å². The Morgan fingerprint density at radius 1 is 1.50 bits per heavy atom. The van der Waals surface area contributed by atoms with Gasteiger partial charge in [-0.15, -0.1) is 0 Å². The van der Waals surface area contributed by atoms with Crippen molar-refractivity contribution in [1.82, 2.24) is 9.69 Å². The lowest BCUT2D eigenvalue weighted by molar-refractivity contribution is 0.159. The number of aromatic nitrogens is 1. The van der Waals surface area contributed by atoms with Gasteiger partial charge in [-0.25, -0.2) is 0 Å². The Morgan fingerprint density at radius 2 is 2.25 bits per heavy atom. The lowest BCUT2D eigenvalue weighted by Crippen LogP contribution is -2.34. The van der Waals surface area contributed by atoms with Gasteiger partial charge in [-0.2, -0.15) is 4.37 Å². The van der Waals surface area contributed by atoms with E-state index in [0.29, 0.717) is 11.9 Å². The molecule has 1 heterocycles. The summed E-state index contributed by atoms with van der Waals surface area (Å²) in [5.74, 6) is 0.688. The molecule has 2 atom stereocenters. The molecule has 92 valence electrons. The minimum absolute atomic E-state index is 0.279. The van der Waals surface area contributed by atoms with Crippen LogP contribution in [0.4, 0.5) is 0 Å². The van der Waals surface area contributed by atoms with Gasteiger partial charge in [0.05, 0.1) is 13.7 Å². The van der Waals surface area contributed by atoms with Crippen molar-refractivity contribution >= 4 is 11.5 Å². The van der Waals surface area contributed by atoms with E-state index in [0.717, 1.165) is 13.0 Å².